The number of hydrogen-bond acceptors (Lipinski definition) is 7. The van der Waals surface area contributed by atoms with Crippen LogP contribution in [0.5, 0.6) is 0 Å². The van der Waals surface area contributed by atoms with Gasteiger partial charge in [0.1, 0.15) is 18.3 Å². The van der Waals surface area contributed by atoms with Gasteiger partial charge in [-0.15, -0.1) is 0 Å². The van der Waals surface area contributed by atoms with Crippen molar-refractivity contribution in [3.8, 4) is 0 Å². The van der Waals surface area contributed by atoms with Gasteiger partial charge in [-0.2, -0.15) is 0 Å². The molecule has 6 rings (SSSR count). The van der Waals surface area contributed by atoms with Crippen molar-refractivity contribution in [2.24, 2.45) is 56.7 Å². The van der Waals surface area contributed by atoms with E-state index in [-0.39, 0.29) is 40.6 Å². The predicted octanol–water partition coefficient (Wildman–Crippen LogP) is 5.01. The molecule has 15 atom stereocenters. The van der Waals surface area contributed by atoms with Crippen molar-refractivity contribution in [3.05, 3.63) is 11.6 Å². The van der Waals surface area contributed by atoms with E-state index in [0.717, 1.165) is 37.7 Å². The van der Waals surface area contributed by atoms with Crippen LogP contribution in [0, 0.1) is 56.7 Å². The maximum Gasteiger partial charge on any atom is 0.314 e. The second kappa shape index (κ2) is 10.7. The molecule has 1 saturated heterocycles. The van der Waals surface area contributed by atoms with Gasteiger partial charge in [0.05, 0.1) is 23.0 Å². The number of allylic oxidation sites excluding steroid dienone is 1. The maximum absolute atomic E-state index is 13.8. The summed E-state index contributed by atoms with van der Waals surface area (Å²) in [5.74, 6) is -1.08. The van der Waals surface area contributed by atoms with Crippen LogP contribution in [0.1, 0.15) is 106 Å². The van der Waals surface area contributed by atoms with Crippen molar-refractivity contribution in [1.29, 1.82) is 0 Å². The Kier molecular flexibility index (Phi) is 7.97. The minimum atomic E-state index is -1.36. The fourth-order valence-electron chi connectivity index (χ4n) is 12.5. The highest BCUT2D eigenvalue weighted by atomic mass is 16.7. The average Bonchev–Trinajstić information content (AvgIpc) is 2.97. The monoisotopic (exact) mass is 632 g/mol. The molecule has 6 aliphatic rings. The molecule has 0 aromatic rings. The van der Waals surface area contributed by atoms with Crippen LogP contribution in [0.2, 0.25) is 0 Å². The molecule has 1 aliphatic heterocycles. The summed E-state index contributed by atoms with van der Waals surface area (Å²) in [5, 5.41) is 53.2. The largest absolute Gasteiger partial charge is 0.481 e. The third kappa shape index (κ3) is 4.28. The van der Waals surface area contributed by atoms with Gasteiger partial charge in [-0.3, -0.25) is 9.59 Å². The maximum atomic E-state index is 13.8. The molecule has 0 spiro atoms. The zero-order chi connectivity index (χ0) is 33.1. The SMILES string of the molecule is C[C@H]1[C@H](C)CC[C@]2(C(=O)O)CC[C@]3(C(=O)O)C(=CCC4[C@@]5(C)CC[C@H](O[C@@H]6O[C@@H](C)[C@H](O)[C@@H](O)[C@H]6O)C(C)(C)C5CC[C@]43C)[C@H]12. The van der Waals surface area contributed by atoms with Crippen LogP contribution in [0.3, 0.4) is 0 Å². The lowest BCUT2D eigenvalue weighted by Crippen LogP contribution is -2.68. The minimum Gasteiger partial charge on any atom is -0.481 e. The number of ether oxygens (including phenoxy) is 2. The first kappa shape index (κ1) is 33.4. The van der Waals surface area contributed by atoms with E-state index in [1.54, 1.807) is 6.92 Å². The Balaban J connectivity index is 1.35. The first-order chi connectivity index (χ1) is 20.9. The topological polar surface area (TPSA) is 154 Å². The van der Waals surface area contributed by atoms with Gasteiger partial charge in [-0.1, -0.05) is 53.2 Å². The smallest absolute Gasteiger partial charge is 0.314 e. The van der Waals surface area contributed by atoms with Crippen molar-refractivity contribution in [3.63, 3.8) is 0 Å². The van der Waals surface area contributed by atoms with Gasteiger partial charge in [0, 0.05) is 0 Å². The van der Waals surface area contributed by atoms with Crippen LogP contribution in [-0.2, 0) is 19.1 Å². The molecule has 45 heavy (non-hydrogen) atoms. The number of fused-ring (bicyclic) bond motifs is 7. The first-order valence-corrected chi connectivity index (χ1v) is 17.4. The Labute approximate surface area is 267 Å². The van der Waals surface area contributed by atoms with Crippen LogP contribution >= 0.6 is 0 Å². The number of carbonyl (C=O) groups is 2. The lowest BCUT2D eigenvalue weighted by molar-refractivity contribution is -0.324. The van der Waals surface area contributed by atoms with Crippen molar-refractivity contribution in [2.75, 3.05) is 0 Å². The van der Waals surface area contributed by atoms with E-state index in [1.807, 2.05) is 0 Å². The molecule has 9 heteroatoms. The Morgan fingerprint density at radius 1 is 0.822 bits per heavy atom. The van der Waals surface area contributed by atoms with E-state index < -0.39 is 58.9 Å². The van der Waals surface area contributed by atoms with Gasteiger partial charge in [-0.05, 0) is 111 Å². The summed E-state index contributed by atoms with van der Waals surface area (Å²) in [4.78, 5) is 26.8. The molecule has 0 aromatic heterocycles. The van der Waals surface area contributed by atoms with Crippen LogP contribution in [0.4, 0.5) is 0 Å². The second-order valence-electron chi connectivity index (χ2n) is 17.2. The molecule has 0 radical (unpaired) electrons. The van der Waals surface area contributed by atoms with Crippen LogP contribution < -0.4 is 0 Å². The quantitative estimate of drug-likeness (QED) is 0.213. The van der Waals surface area contributed by atoms with Gasteiger partial charge in [0.25, 0.3) is 0 Å². The lowest BCUT2D eigenvalue weighted by Gasteiger charge is -2.70. The highest BCUT2D eigenvalue weighted by Gasteiger charge is 2.73. The Morgan fingerprint density at radius 3 is 2.16 bits per heavy atom. The molecule has 254 valence electrons. The number of rotatable bonds is 4. The van der Waals surface area contributed by atoms with E-state index in [2.05, 4.69) is 47.6 Å². The Morgan fingerprint density at radius 2 is 1.51 bits per heavy atom. The summed E-state index contributed by atoms with van der Waals surface area (Å²) in [5.41, 5.74) is -2.13. The molecule has 5 N–H and O–H groups in total. The van der Waals surface area contributed by atoms with Gasteiger partial charge < -0.3 is 35.0 Å². The summed E-state index contributed by atoms with van der Waals surface area (Å²) < 4.78 is 12.3. The number of carboxylic acids is 2. The molecule has 0 aromatic carbocycles. The van der Waals surface area contributed by atoms with Crippen LogP contribution in [-0.4, -0.2) is 74.3 Å². The van der Waals surface area contributed by atoms with E-state index in [0.29, 0.717) is 31.6 Å². The summed E-state index contributed by atoms with van der Waals surface area (Å²) in [6.07, 6.45) is 2.36. The molecule has 0 amide bonds. The van der Waals surface area contributed by atoms with E-state index in [9.17, 15) is 35.1 Å². The number of hydrogen-bond donors (Lipinski definition) is 5. The summed E-state index contributed by atoms with van der Waals surface area (Å²) in [7, 11) is 0. The van der Waals surface area contributed by atoms with E-state index >= 15 is 0 Å². The number of carboxylic acid groups (broad SMARTS) is 2. The van der Waals surface area contributed by atoms with E-state index in [4.69, 9.17) is 9.47 Å². The minimum absolute atomic E-state index is 0.0958. The van der Waals surface area contributed by atoms with Crippen LogP contribution in [0.25, 0.3) is 0 Å². The Hall–Kier alpha value is -1.52. The van der Waals surface area contributed by atoms with E-state index in [1.165, 1.54) is 0 Å². The third-order valence-corrected chi connectivity index (χ3v) is 15.3. The van der Waals surface area contributed by atoms with Gasteiger partial charge in [0.15, 0.2) is 6.29 Å². The molecule has 9 nitrogen and oxygen atoms in total. The zero-order valence-corrected chi connectivity index (χ0v) is 28.2. The summed E-state index contributed by atoms with van der Waals surface area (Å²) >= 11 is 0. The lowest BCUT2D eigenvalue weighted by atomic mass is 9.33. The fraction of sp³-hybridized carbons (Fsp3) is 0.889. The molecule has 5 aliphatic carbocycles. The Bertz CT molecular complexity index is 1250. The normalized spacial score (nSPS) is 54.0. The molecule has 5 fully saturated rings. The molecule has 4 saturated carbocycles. The molecule has 2 unspecified atom stereocenters. The van der Waals surface area contributed by atoms with Gasteiger partial charge >= 0.3 is 11.9 Å². The summed E-state index contributed by atoms with van der Waals surface area (Å²) in [6.45, 7) is 15.0. The molecule has 1 heterocycles. The molecule has 0 bridgehead atoms. The highest BCUT2D eigenvalue weighted by molar-refractivity contribution is 5.84. The number of aliphatic hydroxyl groups is 3. The molecular weight excluding hydrogens is 576 g/mol. The predicted molar refractivity (Wildman–Crippen MR) is 166 cm³/mol. The fourth-order valence-corrected chi connectivity index (χ4v) is 12.5. The third-order valence-electron chi connectivity index (χ3n) is 15.3. The highest BCUT2D eigenvalue weighted by Crippen LogP contribution is 2.76. The zero-order valence-electron chi connectivity index (χ0n) is 28.2. The second-order valence-corrected chi connectivity index (χ2v) is 17.2. The van der Waals surface area contributed by atoms with Gasteiger partial charge in [-0.25, -0.2) is 0 Å². The molecular formula is C36H56O9. The average molecular weight is 633 g/mol. The number of aliphatic carboxylic acids is 2. The van der Waals surface area contributed by atoms with Crippen molar-refractivity contribution in [2.45, 2.75) is 143 Å². The summed E-state index contributed by atoms with van der Waals surface area (Å²) in [6, 6.07) is 0. The van der Waals surface area contributed by atoms with Gasteiger partial charge in [0.2, 0.25) is 0 Å². The standard InChI is InChI=1S/C36H56O9/c1-18-10-15-35(30(40)41)16-17-36(31(42)43)21(25(35)19(18)2)8-9-23-33(6)13-12-24(32(4,5)22(33)11-14-34(23,36)7)45-29-28(39)27(38)26(37)20(3)44-29/h8,18-20,22-29,37-39H,9-17H2,1-7H3,(H,40,41)(H,42,43)/t18-,19+,20+,22?,23?,24+,25+,26+,27-,28-,29+,33+,34-,35+,36-/m1/s1. The van der Waals surface area contributed by atoms with Crippen molar-refractivity contribution < 1.29 is 44.6 Å². The van der Waals surface area contributed by atoms with Crippen LogP contribution in [0.15, 0.2) is 11.6 Å². The van der Waals surface area contributed by atoms with Crippen molar-refractivity contribution >= 4 is 11.9 Å². The van der Waals surface area contributed by atoms with Crippen molar-refractivity contribution in [1.82, 2.24) is 0 Å². The number of aliphatic hydroxyl groups excluding tert-OH is 3. The first-order valence-electron chi connectivity index (χ1n) is 17.4.